The molecule has 3 aromatic rings. The summed E-state index contributed by atoms with van der Waals surface area (Å²) in [6.07, 6.45) is 0.593. The average molecular weight is 696 g/mol. The van der Waals surface area contributed by atoms with E-state index in [1.165, 1.54) is 6.92 Å². The molecular weight excluding hydrogens is 646 g/mol. The summed E-state index contributed by atoms with van der Waals surface area (Å²) >= 11 is 0. The highest BCUT2D eigenvalue weighted by molar-refractivity contribution is 5.72. The Hall–Kier alpha value is -4.27. The van der Waals surface area contributed by atoms with E-state index in [-0.39, 0.29) is 24.5 Å². The Kier molecular flexibility index (Phi) is 16.2. The molecule has 13 nitrogen and oxygen atoms in total. The number of aliphatic hydroxyl groups excluding tert-OH is 1. The molecule has 1 saturated heterocycles. The zero-order valence-corrected chi connectivity index (χ0v) is 28.8. The minimum absolute atomic E-state index is 0.0793. The summed E-state index contributed by atoms with van der Waals surface area (Å²) in [7, 11) is 1.64. The lowest BCUT2D eigenvalue weighted by atomic mass is 9.85. The van der Waals surface area contributed by atoms with Crippen LogP contribution < -0.4 is 24.8 Å². The number of nitro groups is 1. The summed E-state index contributed by atoms with van der Waals surface area (Å²) in [6.45, 7) is 4.25. The van der Waals surface area contributed by atoms with Crippen LogP contribution in [0.25, 0.3) is 0 Å². The average Bonchev–Trinajstić information content (AvgIpc) is 3.12. The first-order valence-electron chi connectivity index (χ1n) is 16.9. The van der Waals surface area contributed by atoms with Gasteiger partial charge in [0.05, 0.1) is 45.7 Å². The van der Waals surface area contributed by atoms with Gasteiger partial charge in [-0.05, 0) is 41.8 Å². The first-order valence-corrected chi connectivity index (χ1v) is 16.9. The Morgan fingerprint density at radius 2 is 1.62 bits per heavy atom. The van der Waals surface area contributed by atoms with Crippen LogP contribution in [-0.2, 0) is 32.0 Å². The maximum absolute atomic E-state index is 11.4. The predicted molar refractivity (Wildman–Crippen MR) is 186 cm³/mol. The molecule has 4 rings (SSSR count). The maximum atomic E-state index is 11.4. The summed E-state index contributed by atoms with van der Waals surface area (Å²) < 4.78 is 35.6. The van der Waals surface area contributed by atoms with Gasteiger partial charge in [0.1, 0.15) is 37.1 Å². The van der Waals surface area contributed by atoms with Gasteiger partial charge in [-0.15, -0.1) is 0 Å². The van der Waals surface area contributed by atoms with Crippen LogP contribution in [0.1, 0.15) is 36.0 Å². The van der Waals surface area contributed by atoms with E-state index in [1.807, 2.05) is 72.8 Å². The highest BCUT2D eigenvalue weighted by atomic mass is 16.6. The van der Waals surface area contributed by atoms with Gasteiger partial charge in [-0.25, -0.2) is 0 Å². The molecule has 4 atom stereocenters. The number of para-hydroxylation sites is 2. The Labute approximate surface area is 293 Å². The summed E-state index contributed by atoms with van der Waals surface area (Å²) in [5.74, 6) is 1.92. The van der Waals surface area contributed by atoms with Crippen molar-refractivity contribution in [1.29, 1.82) is 0 Å². The van der Waals surface area contributed by atoms with Crippen LogP contribution in [-0.4, -0.2) is 101 Å². The van der Waals surface area contributed by atoms with Crippen LogP contribution in [0.3, 0.4) is 0 Å². The van der Waals surface area contributed by atoms with Crippen LogP contribution in [0, 0.1) is 10.1 Å². The van der Waals surface area contributed by atoms with Gasteiger partial charge in [-0.1, -0.05) is 48.5 Å². The minimum Gasteiger partial charge on any atom is -0.496 e. The first kappa shape index (κ1) is 38.5. The lowest BCUT2D eigenvalue weighted by Gasteiger charge is -2.38. The highest BCUT2D eigenvalue weighted by Gasteiger charge is 2.37. The molecule has 1 fully saturated rings. The number of aliphatic hydroxyl groups is 1. The monoisotopic (exact) mass is 695 g/mol. The van der Waals surface area contributed by atoms with Crippen molar-refractivity contribution >= 4 is 5.91 Å². The molecule has 3 N–H and O–H groups in total. The molecule has 1 aliphatic heterocycles. The van der Waals surface area contributed by atoms with Gasteiger partial charge in [-0.3, -0.25) is 14.9 Å². The van der Waals surface area contributed by atoms with E-state index in [2.05, 4.69) is 10.6 Å². The zero-order chi connectivity index (χ0) is 35.6. The fourth-order valence-corrected chi connectivity index (χ4v) is 5.75. The third-order valence-corrected chi connectivity index (χ3v) is 8.33. The molecule has 0 saturated carbocycles. The molecule has 272 valence electrons. The molecule has 0 radical (unpaired) electrons. The molecule has 50 heavy (non-hydrogen) atoms. The van der Waals surface area contributed by atoms with Gasteiger partial charge < -0.3 is 44.2 Å². The van der Waals surface area contributed by atoms with Crippen molar-refractivity contribution in [1.82, 2.24) is 10.6 Å². The number of nitrogens with zero attached hydrogens (tertiary/aromatic N) is 1. The van der Waals surface area contributed by atoms with Crippen molar-refractivity contribution in [2.75, 3.05) is 66.4 Å². The van der Waals surface area contributed by atoms with Gasteiger partial charge >= 0.3 is 0 Å². The second kappa shape index (κ2) is 21.1. The molecular formula is C37H49N3O10. The number of hydrogen-bond acceptors (Lipinski definition) is 11. The summed E-state index contributed by atoms with van der Waals surface area (Å²) in [4.78, 5) is 22.1. The Bertz CT molecular complexity index is 1460. The normalized spacial score (nSPS) is 17.9. The molecule has 0 aliphatic carbocycles. The van der Waals surface area contributed by atoms with E-state index in [0.717, 1.165) is 28.2 Å². The van der Waals surface area contributed by atoms with Crippen LogP contribution in [0.15, 0.2) is 72.8 Å². The molecule has 0 bridgehead atoms. The molecule has 13 heteroatoms. The Balaban J connectivity index is 1.32. The number of rotatable bonds is 22. The van der Waals surface area contributed by atoms with E-state index in [4.69, 9.17) is 28.4 Å². The van der Waals surface area contributed by atoms with E-state index < -0.39 is 23.7 Å². The van der Waals surface area contributed by atoms with Gasteiger partial charge in [0.25, 0.3) is 6.04 Å². The molecule has 1 aliphatic rings. The standard InChI is InChI=1S/C37H49N3O10/c1-27(42)39-17-16-28-8-3-6-11-34(28)48-20-21-49-35-22-38-23-36(50-26-31(24-41)40(43)44)37(35)29-12-14-32(15-13-29)47-19-7-18-46-25-30-9-4-5-10-33(30)45-2/h3-6,8-15,31,35-38,41H,7,16-26H2,1-2H3,(H,39,42)/t31-,35-,36+,37-/m0/s1. The lowest BCUT2D eigenvalue weighted by Crippen LogP contribution is -2.51. The fraction of sp³-hybridized carbons (Fsp3) is 0.486. The quantitative estimate of drug-likeness (QED) is 0.0802. The number of hydrogen-bond donors (Lipinski definition) is 3. The Morgan fingerprint density at radius 3 is 2.32 bits per heavy atom. The van der Waals surface area contributed by atoms with E-state index in [1.54, 1.807) is 7.11 Å². The van der Waals surface area contributed by atoms with E-state index >= 15 is 0 Å². The van der Waals surface area contributed by atoms with Crippen molar-refractivity contribution in [2.45, 2.75) is 50.5 Å². The summed E-state index contributed by atoms with van der Waals surface area (Å²) in [5, 5.41) is 27.0. The van der Waals surface area contributed by atoms with Crippen molar-refractivity contribution in [3.8, 4) is 17.2 Å². The van der Waals surface area contributed by atoms with Crippen molar-refractivity contribution in [3.63, 3.8) is 0 Å². The van der Waals surface area contributed by atoms with Crippen molar-refractivity contribution in [2.24, 2.45) is 0 Å². The fourth-order valence-electron chi connectivity index (χ4n) is 5.75. The number of nitrogens with one attached hydrogen (secondary N) is 2. The van der Waals surface area contributed by atoms with Gasteiger partial charge in [0, 0.05) is 49.4 Å². The SMILES string of the molecule is COc1ccccc1COCCCOc1ccc([C@H]2[C@@H](OCCOc3ccccc3CCNC(C)=O)CNC[C@H]2OC[C@H](CO)[N+](=O)[O-])cc1. The minimum atomic E-state index is -1.22. The van der Waals surface area contributed by atoms with Crippen molar-refractivity contribution < 1.29 is 43.2 Å². The van der Waals surface area contributed by atoms with Gasteiger partial charge in [-0.2, -0.15) is 0 Å². The number of carbonyl (C=O) groups is 1. The van der Waals surface area contributed by atoms with Gasteiger partial charge in [0.2, 0.25) is 5.91 Å². The number of piperidine rings is 1. The maximum Gasteiger partial charge on any atom is 0.258 e. The first-order chi connectivity index (χ1) is 24.4. The third-order valence-electron chi connectivity index (χ3n) is 8.33. The van der Waals surface area contributed by atoms with Crippen LogP contribution in [0.5, 0.6) is 17.2 Å². The molecule has 0 spiro atoms. The Morgan fingerprint density at radius 1 is 0.920 bits per heavy atom. The van der Waals surface area contributed by atoms with Crippen LogP contribution in [0.4, 0.5) is 0 Å². The van der Waals surface area contributed by atoms with Gasteiger partial charge in [0.15, 0.2) is 0 Å². The zero-order valence-electron chi connectivity index (χ0n) is 28.8. The highest BCUT2D eigenvalue weighted by Crippen LogP contribution is 2.32. The van der Waals surface area contributed by atoms with E-state index in [9.17, 15) is 20.0 Å². The smallest absolute Gasteiger partial charge is 0.258 e. The number of amides is 1. The lowest BCUT2D eigenvalue weighted by molar-refractivity contribution is -0.530. The van der Waals surface area contributed by atoms with E-state index in [0.29, 0.717) is 71.3 Å². The topological polar surface area (TPSA) is 160 Å². The van der Waals surface area contributed by atoms with Crippen molar-refractivity contribution in [3.05, 3.63) is 99.6 Å². The summed E-state index contributed by atoms with van der Waals surface area (Å²) in [6, 6.07) is 22.0. The summed E-state index contributed by atoms with van der Waals surface area (Å²) in [5.41, 5.74) is 2.92. The molecule has 0 aromatic heterocycles. The molecule has 1 heterocycles. The van der Waals surface area contributed by atoms with Crippen LogP contribution >= 0.6 is 0 Å². The number of ether oxygens (including phenoxy) is 6. The molecule has 3 aromatic carbocycles. The molecule has 1 amide bonds. The number of carbonyl (C=O) groups excluding carboxylic acids is 1. The third kappa shape index (κ3) is 12.3. The second-order valence-electron chi connectivity index (χ2n) is 11.9. The number of methoxy groups -OCH3 is 1. The largest absolute Gasteiger partial charge is 0.496 e. The second-order valence-corrected chi connectivity index (χ2v) is 11.9. The van der Waals surface area contributed by atoms with Crippen LogP contribution in [0.2, 0.25) is 0 Å². The molecule has 0 unspecified atom stereocenters. The predicted octanol–water partition coefficient (Wildman–Crippen LogP) is 3.53. The number of benzene rings is 3.